The highest BCUT2D eigenvalue weighted by molar-refractivity contribution is 7.95. The molecule has 0 aromatic heterocycles. The van der Waals surface area contributed by atoms with Crippen molar-refractivity contribution in [1.82, 2.24) is 10.2 Å². The normalized spacial score (nSPS) is 15.3. The first kappa shape index (κ1) is 33.3. The van der Waals surface area contributed by atoms with Gasteiger partial charge in [-0.25, -0.2) is 8.42 Å². The van der Waals surface area contributed by atoms with Gasteiger partial charge in [0, 0.05) is 23.3 Å². The molecule has 0 saturated heterocycles. The Morgan fingerprint density at radius 1 is 0.925 bits per heavy atom. The first-order valence-electron chi connectivity index (χ1n) is 14.1. The number of allylic oxidation sites excluding steroid dienone is 1. The summed E-state index contributed by atoms with van der Waals surface area (Å²) < 4.78 is 26.4. The highest BCUT2D eigenvalue weighted by Crippen LogP contribution is 2.35. The lowest BCUT2D eigenvalue weighted by atomic mass is 9.71. The maximum absolute atomic E-state index is 14.0. The van der Waals surface area contributed by atoms with Gasteiger partial charge in [0.1, 0.15) is 6.04 Å². The molecule has 0 unspecified atom stereocenters. The van der Waals surface area contributed by atoms with E-state index in [0.717, 1.165) is 5.56 Å². The first-order valence-corrected chi connectivity index (χ1v) is 15.6. The van der Waals surface area contributed by atoms with E-state index < -0.39 is 32.8 Å². The predicted octanol–water partition coefficient (Wildman–Crippen LogP) is 6.38. The van der Waals surface area contributed by atoms with Gasteiger partial charge in [-0.1, -0.05) is 104 Å². The minimum absolute atomic E-state index is 0.0633. The number of sulfone groups is 1. The maximum atomic E-state index is 14.0. The van der Waals surface area contributed by atoms with E-state index in [0.29, 0.717) is 6.42 Å². The third-order valence-corrected chi connectivity index (χ3v) is 9.75. The van der Waals surface area contributed by atoms with Gasteiger partial charge in [0.15, 0.2) is 0 Å². The number of hydrogen-bond donors (Lipinski definition) is 1. The Morgan fingerprint density at radius 3 is 1.88 bits per heavy atom. The van der Waals surface area contributed by atoms with Crippen LogP contribution in [0.4, 0.5) is 0 Å². The molecule has 2 amide bonds. The van der Waals surface area contributed by atoms with Crippen LogP contribution in [-0.4, -0.2) is 44.3 Å². The van der Waals surface area contributed by atoms with Crippen LogP contribution in [0.5, 0.6) is 0 Å². The molecule has 0 aliphatic rings. The van der Waals surface area contributed by atoms with Gasteiger partial charge in [-0.05, 0) is 48.4 Å². The van der Waals surface area contributed by atoms with Crippen LogP contribution in [0.3, 0.4) is 0 Å². The number of likely N-dealkylation sites (N-methyl/N-ethyl adjacent to an activating group) is 1. The Balaban J connectivity index is 2.40. The van der Waals surface area contributed by atoms with E-state index in [-0.39, 0.29) is 33.5 Å². The molecule has 2 aromatic rings. The summed E-state index contributed by atoms with van der Waals surface area (Å²) in [6, 6.07) is 16.9. The van der Waals surface area contributed by atoms with Gasteiger partial charge < -0.3 is 10.2 Å². The summed E-state index contributed by atoms with van der Waals surface area (Å²) in [6.07, 6.45) is 2.27. The summed E-state index contributed by atoms with van der Waals surface area (Å²) in [7, 11) is -2.02. The van der Waals surface area contributed by atoms with E-state index in [2.05, 4.69) is 19.2 Å². The lowest BCUT2D eigenvalue weighted by molar-refractivity contribution is -0.141. The largest absolute Gasteiger partial charge is 0.344 e. The van der Waals surface area contributed by atoms with Crippen LogP contribution in [0.1, 0.15) is 74.3 Å². The second kappa shape index (κ2) is 13.2. The van der Waals surface area contributed by atoms with Crippen LogP contribution >= 0.6 is 0 Å². The number of nitrogens with zero attached hydrogens (tertiary/aromatic N) is 1. The smallest absolute Gasteiger partial charge is 0.245 e. The molecule has 0 aliphatic heterocycles. The third-order valence-electron chi connectivity index (χ3n) is 7.87. The number of amides is 2. The molecule has 7 heteroatoms. The molecule has 0 aliphatic carbocycles. The van der Waals surface area contributed by atoms with E-state index in [1.165, 1.54) is 0 Å². The van der Waals surface area contributed by atoms with Crippen molar-refractivity contribution < 1.29 is 18.0 Å². The fourth-order valence-electron chi connectivity index (χ4n) is 5.20. The Bertz CT molecular complexity index is 1280. The van der Waals surface area contributed by atoms with Gasteiger partial charge in [-0.2, -0.15) is 0 Å². The Morgan fingerprint density at radius 2 is 1.43 bits per heavy atom. The summed E-state index contributed by atoms with van der Waals surface area (Å²) in [6.45, 7) is 17.4. The highest BCUT2D eigenvalue weighted by atomic mass is 32.2. The van der Waals surface area contributed by atoms with E-state index >= 15 is 0 Å². The van der Waals surface area contributed by atoms with Crippen molar-refractivity contribution in [3.63, 3.8) is 0 Å². The lowest BCUT2D eigenvalue weighted by Crippen LogP contribution is -2.58. The van der Waals surface area contributed by atoms with Crippen LogP contribution in [0, 0.1) is 17.3 Å². The van der Waals surface area contributed by atoms with Crippen LogP contribution in [0.2, 0.25) is 0 Å². The number of carbonyl (C=O) groups excluding carboxylic acids is 2. The second-order valence-corrected chi connectivity index (χ2v) is 14.8. The van der Waals surface area contributed by atoms with Crippen LogP contribution in [0.15, 0.2) is 76.5 Å². The Labute approximate surface area is 242 Å². The standard InChI is InChI=1S/C33H48N2O4S/c1-11-27(33(8,9)25-18-14-12-15-19-25)30(36)34-29(32(5,6)7)31(37)35(10)28(23(2)3)22-24(4)40(38,39)26-20-16-13-17-21-26/h12-23,27-29H,11H2,1-10H3,(H,34,36)/b24-22+/t27-,28-,29-/m1/s1. The zero-order chi connectivity index (χ0) is 30.5. The van der Waals surface area contributed by atoms with Crippen molar-refractivity contribution in [3.8, 4) is 0 Å². The van der Waals surface area contributed by atoms with Crippen molar-refractivity contribution in [3.05, 3.63) is 77.2 Å². The fraction of sp³-hybridized carbons (Fsp3) is 0.515. The first-order chi connectivity index (χ1) is 18.5. The van der Waals surface area contributed by atoms with Crippen molar-refractivity contribution in [2.24, 2.45) is 17.3 Å². The number of nitrogens with one attached hydrogen (secondary N) is 1. The molecular formula is C33H48N2O4S. The molecule has 0 radical (unpaired) electrons. The second-order valence-electron chi connectivity index (χ2n) is 12.6. The monoisotopic (exact) mass is 568 g/mol. The van der Waals surface area contributed by atoms with E-state index in [1.807, 2.05) is 71.9 Å². The molecule has 2 aromatic carbocycles. The van der Waals surface area contributed by atoms with Gasteiger partial charge in [-0.3, -0.25) is 9.59 Å². The van der Waals surface area contributed by atoms with Crippen LogP contribution < -0.4 is 5.32 Å². The Kier molecular flexibility index (Phi) is 10.9. The van der Waals surface area contributed by atoms with Crippen molar-refractivity contribution >= 4 is 21.7 Å². The molecule has 0 saturated carbocycles. The summed E-state index contributed by atoms with van der Waals surface area (Å²) in [5, 5.41) is 3.10. The van der Waals surface area contributed by atoms with Gasteiger partial charge in [0.05, 0.1) is 10.9 Å². The number of carbonyl (C=O) groups is 2. The SMILES string of the molecule is CC[C@H](C(=O)N[C@H](C(=O)N(C)[C@H](/C=C(\C)S(=O)(=O)c1ccccc1)C(C)C)C(C)(C)C)C(C)(C)c1ccccc1. The fourth-order valence-corrected chi connectivity index (χ4v) is 6.41. The van der Waals surface area contributed by atoms with Crippen LogP contribution in [-0.2, 0) is 24.8 Å². The number of hydrogen-bond acceptors (Lipinski definition) is 4. The zero-order valence-electron chi connectivity index (χ0n) is 25.9. The average Bonchev–Trinajstić information content (AvgIpc) is 2.89. The minimum atomic E-state index is -3.70. The Hall–Kier alpha value is -2.93. The summed E-state index contributed by atoms with van der Waals surface area (Å²) in [5.74, 6) is -0.839. The third kappa shape index (κ3) is 7.62. The van der Waals surface area contributed by atoms with Crippen molar-refractivity contribution in [2.45, 2.75) is 91.1 Å². The maximum Gasteiger partial charge on any atom is 0.245 e. The molecule has 3 atom stereocenters. The summed E-state index contributed by atoms with van der Waals surface area (Å²) >= 11 is 0. The summed E-state index contributed by atoms with van der Waals surface area (Å²) in [5.41, 5.74) is 0.0452. The average molecular weight is 569 g/mol. The molecule has 40 heavy (non-hydrogen) atoms. The molecule has 0 heterocycles. The van der Waals surface area contributed by atoms with Crippen molar-refractivity contribution in [1.29, 1.82) is 0 Å². The quantitative estimate of drug-likeness (QED) is 0.341. The molecular weight excluding hydrogens is 520 g/mol. The molecule has 6 nitrogen and oxygen atoms in total. The molecule has 0 fully saturated rings. The molecule has 2 rings (SSSR count). The number of rotatable bonds is 11. The van der Waals surface area contributed by atoms with Gasteiger partial charge in [-0.15, -0.1) is 0 Å². The molecule has 0 spiro atoms. The molecule has 0 bridgehead atoms. The van der Waals surface area contributed by atoms with E-state index in [9.17, 15) is 18.0 Å². The zero-order valence-corrected chi connectivity index (χ0v) is 26.7. The number of benzene rings is 2. The van der Waals surface area contributed by atoms with Gasteiger partial charge in [0.25, 0.3) is 0 Å². The molecule has 220 valence electrons. The van der Waals surface area contributed by atoms with Crippen molar-refractivity contribution in [2.75, 3.05) is 7.05 Å². The van der Waals surface area contributed by atoms with E-state index in [4.69, 9.17) is 0 Å². The van der Waals surface area contributed by atoms with E-state index in [1.54, 1.807) is 55.3 Å². The summed E-state index contributed by atoms with van der Waals surface area (Å²) in [4.78, 5) is 29.8. The van der Waals surface area contributed by atoms with Gasteiger partial charge >= 0.3 is 0 Å². The van der Waals surface area contributed by atoms with Crippen LogP contribution in [0.25, 0.3) is 0 Å². The topological polar surface area (TPSA) is 83.6 Å². The highest BCUT2D eigenvalue weighted by Gasteiger charge is 2.41. The van der Waals surface area contributed by atoms with Gasteiger partial charge in [0.2, 0.25) is 21.7 Å². The molecule has 1 N–H and O–H groups in total. The predicted molar refractivity (Wildman–Crippen MR) is 163 cm³/mol. The lowest BCUT2D eigenvalue weighted by Gasteiger charge is -2.40. The minimum Gasteiger partial charge on any atom is -0.344 e.